The van der Waals surface area contributed by atoms with Crippen molar-refractivity contribution in [1.82, 2.24) is 14.9 Å². The van der Waals surface area contributed by atoms with Crippen LogP contribution in [0.3, 0.4) is 0 Å². The van der Waals surface area contributed by atoms with Crippen LogP contribution in [0.25, 0.3) is 0 Å². The number of hydrogen-bond donors (Lipinski definition) is 2. The van der Waals surface area contributed by atoms with Crippen LogP contribution in [-0.4, -0.2) is 70.8 Å². The molecule has 0 saturated carbocycles. The molecule has 1 aromatic rings. The molecule has 7 nitrogen and oxygen atoms in total. The zero-order valence-corrected chi connectivity index (χ0v) is 17.0. The first-order valence-electron chi connectivity index (χ1n) is 8.96. The third-order valence-corrected chi connectivity index (χ3v) is 5.80. The Morgan fingerprint density at radius 1 is 1.23 bits per heavy atom. The monoisotopic (exact) mass is 401 g/mol. The molecule has 1 saturated heterocycles. The second-order valence-electron chi connectivity index (χ2n) is 5.99. The van der Waals surface area contributed by atoms with Crippen LogP contribution >= 0.6 is 11.6 Å². The van der Waals surface area contributed by atoms with Gasteiger partial charge in [0, 0.05) is 50.0 Å². The third-order valence-electron chi connectivity index (χ3n) is 4.16. The predicted octanol–water partition coefficient (Wildman–Crippen LogP) is 1.37. The van der Waals surface area contributed by atoms with E-state index in [4.69, 9.17) is 11.6 Å². The van der Waals surface area contributed by atoms with Gasteiger partial charge in [-0.15, -0.1) is 0 Å². The van der Waals surface area contributed by atoms with Gasteiger partial charge < -0.3 is 15.1 Å². The van der Waals surface area contributed by atoms with Crippen molar-refractivity contribution in [2.75, 3.05) is 56.5 Å². The fourth-order valence-corrected chi connectivity index (χ4v) is 3.53. The maximum atomic E-state index is 11.5. The quantitative estimate of drug-likeness (QED) is 0.410. The zero-order valence-electron chi connectivity index (χ0n) is 15.4. The van der Waals surface area contributed by atoms with Crippen LogP contribution in [0.4, 0.5) is 5.69 Å². The number of guanidine groups is 1. The zero-order chi connectivity index (χ0) is 19.0. The summed E-state index contributed by atoms with van der Waals surface area (Å²) in [5.74, 6) is 0.913. The highest BCUT2D eigenvalue weighted by molar-refractivity contribution is 7.89. The number of halogens is 1. The van der Waals surface area contributed by atoms with Gasteiger partial charge >= 0.3 is 0 Å². The minimum Gasteiger partial charge on any atom is -0.368 e. The average Bonchev–Trinajstić information content (AvgIpc) is 2.64. The van der Waals surface area contributed by atoms with Crippen molar-refractivity contribution in [3.8, 4) is 0 Å². The van der Waals surface area contributed by atoms with E-state index < -0.39 is 10.0 Å². The van der Waals surface area contributed by atoms with Crippen LogP contribution in [0.1, 0.15) is 13.8 Å². The fraction of sp³-hybridized carbons (Fsp3) is 0.588. The molecule has 26 heavy (non-hydrogen) atoms. The van der Waals surface area contributed by atoms with Gasteiger partial charge in [-0.1, -0.05) is 17.7 Å². The molecule has 2 rings (SSSR count). The molecule has 9 heteroatoms. The lowest BCUT2D eigenvalue weighted by atomic mass is 10.2. The molecule has 1 aliphatic heterocycles. The van der Waals surface area contributed by atoms with Crippen molar-refractivity contribution < 1.29 is 8.42 Å². The Labute approximate surface area is 161 Å². The van der Waals surface area contributed by atoms with Crippen molar-refractivity contribution in [3.05, 3.63) is 29.3 Å². The third kappa shape index (κ3) is 6.34. The van der Waals surface area contributed by atoms with E-state index in [1.807, 2.05) is 25.1 Å². The van der Waals surface area contributed by atoms with Gasteiger partial charge in [0.25, 0.3) is 0 Å². The SMILES string of the molecule is CCNC(=NCCNS(=O)(=O)CC)N1CCN(c2cccc(Cl)c2)CC1. The number of benzene rings is 1. The first-order valence-corrected chi connectivity index (χ1v) is 11.0. The largest absolute Gasteiger partial charge is 0.368 e. The Kier molecular flexibility index (Phi) is 7.99. The van der Waals surface area contributed by atoms with Gasteiger partial charge in [-0.3, -0.25) is 4.99 Å². The molecule has 0 bridgehead atoms. The van der Waals surface area contributed by atoms with Gasteiger partial charge in [0.15, 0.2) is 5.96 Å². The smallest absolute Gasteiger partial charge is 0.211 e. The van der Waals surface area contributed by atoms with Gasteiger partial charge in [0.1, 0.15) is 0 Å². The van der Waals surface area contributed by atoms with Crippen LogP contribution in [0, 0.1) is 0 Å². The molecule has 1 heterocycles. The Morgan fingerprint density at radius 3 is 2.58 bits per heavy atom. The Bertz CT molecular complexity index is 703. The first-order chi connectivity index (χ1) is 12.4. The molecule has 0 unspecified atom stereocenters. The van der Waals surface area contributed by atoms with Crippen molar-refractivity contribution in [2.24, 2.45) is 4.99 Å². The number of nitrogens with one attached hydrogen (secondary N) is 2. The van der Waals surface area contributed by atoms with Crippen molar-refractivity contribution >= 4 is 33.3 Å². The number of nitrogens with zero attached hydrogens (tertiary/aromatic N) is 3. The summed E-state index contributed by atoms with van der Waals surface area (Å²) in [6, 6.07) is 7.90. The number of anilines is 1. The highest BCUT2D eigenvalue weighted by Crippen LogP contribution is 2.20. The van der Waals surface area contributed by atoms with Crippen LogP contribution in [0.15, 0.2) is 29.3 Å². The Morgan fingerprint density at radius 2 is 1.96 bits per heavy atom. The number of sulfonamides is 1. The van der Waals surface area contributed by atoms with Gasteiger partial charge in [-0.05, 0) is 32.0 Å². The average molecular weight is 402 g/mol. The molecule has 0 spiro atoms. The van der Waals surface area contributed by atoms with E-state index in [0.29, 0.717) is 13.1 Å². The van der Waals surface area contributed by atoms with Gasteiger partial charge in [-0.25, -0.2) is 13.1 Å². The van der Waals surface area contributed by atoms with E-state index in [2.05, 4.69) is 30.9 Å². The number of hydrogen-bond acceptors (Lipinski definition) is 4. The van der Waals surface area contributed by atoms with Crippen molar-refractivity contribution in [1.29, 1.82) is 0 Å². The van der Waals surface area contributed by atoms with E-state index in [0.717, 1.165) is 49.4 Å². The number of piperazine rings is 1. The van der Waals surface area contributed by atoms with Crippen molar-refractivity contribution in [3.63, 3.8) is 0 Å². The van der Waals surface area contributed by atoms with E-state index >= 15 is 0 Å². The van der Waals surface area contributed by atoms with E-state index in [-0.39, 0.29) is 5.75 Å². The molecule has 1 fully saturated rings. The summed E-state index contributed by atoms with van der Waals surface area (Å²) >= 11 is 6.08. The predicted molar refractivity (Wildman–Crippen MR) is 109 cm³/mol. The van der Waals surface area contributed by atoms with Crippen LogP contribution < -0.4 is 14.9 Å². The topological polar surface area (TPSA) is 77.0 Å². The Balaban J connectivity index is 1.89. The summed E-state index contributed by atoms with van der Waals surface area (Å²) in [6.45, 7) is 8.60. The molecule has 146 valence electrons. The summed E-state index contributed by atoms with van der Waals surface area (Å²) in [5, 5.41) is 4.03. The number of rotatable bonds is 7. The molecule has 0 atom stereocenters. The molecule has 1 aliphatic rings. The molecular weight excluding hydrogens is 374 g/mol. The molecular formula is C17H28ClN5O2S. The first kappa shape index (κ1) is 20.8. The molecule has 2 N–H and O–H groups in total. The van der Waals surface area contributed by atoms with E-state index in [9.17, 15) is 8.42 Å². The van der Waals surface area contributed by atoms with Crippen LogP contribution in [-0.2, 0) is 10.0 Å². The van der Waals surface area contributed by atoms with E-state index in [1.165, 1.54) is 0 Å². The van der Waals surface area contributed by atoms with Crippen LogP contribution in [0.5, 0.6) is 0 Å². The normalized spacial score (nSPS) is 16.0. The molecule has 1 aromatic carbocycles. The summed E-state index contributed by atoms with van der Waals surface area (Å²) in [7, 11) is -3.17. The summed E-state index contributed by atoms with van der Waals surface area (Å²) < 4.78 is 25.5. The second kappa shape index (κ2) is 9.99. The lowest BCUT2D eigenvalue weighted by molar-refractivity contribution is 0.372. The van der Waals surface area contributed by atoms with E-state index in [1.54, 1.807) is 6.92 Å². The van der Waals surface area contributed by atoms with Gasteiger partial charge in [0.05, 0.1) is 12.3 Å². The fourth-order valence-electron chi connectivity index (χ4n) is 2.74. The second-order valence-corrected chi connectivity index (χ2v) is 8.52. The minimum atomic E-state index is -3.17. The highest BCUT2D eigenvalue weighted by atomic mass is 35.5. The summed E-state index contributed by atoms with van der Waals surface area (Å²) in [5.41, 5.74) is 1.13. The molecule has 0 aromatic heterocycles. The highest BCUT2D eigenvalue weighted by Gasteiger charge is 2.20. The lowest BCUT2D eigenvalue weighted by Gasteiger charge is -2.37. The lowest BCUT2D eigenvalue weighted by Crippen LogP contribution is -2.52. The maximum Gasteiger partial charge on any atom is 0.211 e. The summed E-state index contributed by atoms with van der Waals surface area (Å²) in [6.07, 6.45) is 0. The molecule has 0 radical (unpaired) electrons. The summed E-state index contributed by atoms with van der Waals surface area (Å²) in [4.78, 5) is 9.07. The maximum absolute atomic E-state index is 11.5. The Hall–Kier alpha value is -1.51. The van der Waals surface area contributed by atoms with Gasteiger partial charge in [0.2, 0.25) is 10.0 Å². The number of aliphatic imine (C=N–C) groups is 1. The van der Waals surface area contributed by atoms with Crippen LogP contribution in [0.2, 0.25) is 5.02 Å². The molecule has 0 aliphatic carbocycles. The molecule has 0 amide bonds. The van der Waals surface area contributed by atoms with Gasteiger partial charge in [-0.2, -0.15) is 0 Å². The minimum absolute atomic E-state index is 0.0856. The van der Waals surface area contributed by atoms with Crippen molar-refractivity contribution in [2.45, 2.75) is 13.8 Å². The standard InChI is InChI=1S/C17H28ClN5O2S/c1-3-19-17(20-8-9-21-26(24,25)4-2)23-12-10-22(11-13-23)16-7-5-6-15(18)14-16/h5-7,14,21H,3-4,8-13H2,1-2H3,(H,19,20).